The molecule has 1 aromatic carbocycles. The van der Waals surface area contributed by atoms with Gasteiger partial charge in [0.15, 0.2) is 0 Å². The molecule has 0 unspecified atom stereocenters. The standard InChI is InChI=1S/C11H9ClF2O/c12-9-3-1-8(2-4-9)10(7-15)5-11(13,14)6-10/h1-4,7H,5-6H2. The van der Waals surface area contributed by atoms with E-state index in [1.54, 1.807) is 24.3 Å². The Balaban J connectivity index is 2.29. The monoisotopic (exact) mass is 230 g/mol. The summed E-state index contributed by atoms with van der Waals surface area (Å²) in [6.07, 6.45) is -0.177. The van der Waals surface area contributed by atoms with E-state index in [1.807, 2.05) is 0 Å². The van der Waals surface area contributed by atoms with E-state index >= 15 is 0 Å². The lowest BCUT2D eigenvalue weighted by Crippen LogP contribution is -2.50. The smallest absolute Gasteiger partial charge is 0.250 e. The van der Waals surface area contributed by atoms with Crippen LogP contribution in [0.1, 0.15) is 18.4 Å². The summed E-state index contributed by atoms with van der Waals surface area (Å²) < 4.78 is 25.6. The molecule has 0 aromatic heterocycles. The summed E-state index contributed by atoms with van der Waals surface area (Å²) in [6.45, 7) is 0. The number of hydrogen-bond acceptors (Lipinski definition) is 1. The Morgan fingerprint density at radius 1 is 1.20 bits per heavy atom. The maximum absolute atomic E-state index is 12.8. The number of hydrogen-bond donors (Lipinski definition) is 0. The SMILES string of the molecule is O=CC1(c2ccc(Cl)cc2)CC(F)(F)C1. The predicted molar refractivity (Wildman–Crippen MR) is 53.4 cm³/mol. The molecule has 1 aromatic rings. The van der Waals surface area contributed by atoms with Crippen molar-refractivity contribution in [2.45, 2.75) is 24.2 Å². The van der Waals surface area contributed by atoms with Crippen molar-refractivity contribution in [3.63, 3.8) is 0 Å². The Bertz CT molecular complexity index is 378. The summed E-state index contributed by atoms with van der Waals surface area (Å²) in [4.78, 5) is 10.9. The third-order valence-corrected chi connectivity index (χ3v) is 3.04. The molecule has 2 rings (SSSR count). The summed E-state index contributed by atoms with van der Waals surface area (Å²) in [7, 11) is 0. The average molecular weight is 231 g/mol. The van der Waals surface area contributed by atoms with Crippen molar-refractivity contribution in [1.29, 1.82) is 0 Å². The molecular formula is C11H9ClF2O. The Morgan fingerprint density at radius 2 is 1.73 bits per heavy atom. The van der Waals surface area contributed by atoms with Crippen molar-refractivity contribution >= 4 is 17.9 Å². The number of benzene rings is 1. The number of halogens is 3. The first-order valence-electron chi connectivity index (χ1n) is 4.58. The topological polar surface area (TPSA) is 17.1 Å². The lowest BCUT2D eigenvalue weighted by molar-refractivity contribution is -0.146. The fourth-order valence-electron chi connectivity index (χ4n) is 2.01. The van der Waals surface area contributed by atoms with Crippen LogP contribution < -0.4 is 0 Å². The molecule has 0 bridgehead atoms. The maximum Gasteiger partial charge on any atom is 0.250 e. The molecule has 0 atom stereocenters. The first-order chi connectivity index (χ1) is 6.97. The van der Waals surface area contributed by atoms with E-state index in [1.165, 1.54) is 0 Å². The average Bonchev–Trinajstić information content (AvgIpc) is 2.14. The van der Waals surface area contributed by atoms with Crippen LogP contribution in [-0.4, -0.2) is 12.2 Å². The highest BCUT2D eigenvalue weighted by molar-refractivity contribution is 6.30. The van der Waals surface area contributed by atoms with E-state index in [0.29, 0.717) is 16.9 Å². The second-order valence-corrected chi connectivity index (χ2v) is 4.43. The number of rotatable bonds is 2. The lowest BCUT2D eigenvalue weighted by atomic mass is 9.63. The molecule has 0 saturated heterocycles. The Hall–Kier alpha value is -0.960. The second-order valence-electron chi connectivity index (χ2n) is 3.99. The highest BCUT2D eigenvalue weighted by Crippen LogP contribution is 2.52. The van der Waals surface area contributed by atoms with Crippen molar-refractivity contribution in [2.75, 3.05) is 0 Å². The normalized spacial score (nSPS) is 21.8. The quantitative estimate of drug-likeness (QED) is 0.713. The highest BCUT2D eigenvalue weighted by atomic mass is 35.5. The van der Waals surface area contributed by atoms with Crippen LogP contribution >= 0.6 is 11.6 Å². The van der Waals surface area contributed by atoms with Gasteiger partial charge in [-0.3, -0.25) is 0 Å². The van der Waals surface area contributed by atoms with E-state index in [-0.39, 0.29) is 0 Å². The summed E-state index contributed by atoms with van der Waals surface area (Å²) in [6, 6.07) is 6.48. The van der Waals surface area contributed by atoms with Gasteiger partial charge in [-0.2, -0.15) is 0 Å². The van der Waals surface area contributed by atoms with Crippen molar-refractivity contribution in [3.05, 3.63) is 34.9 Å². The lowest BCUT2D eigenvalue weighted by Gasteiger charge is -2.43. The Labute approximate surface area is 91.0 Å². The van der Waals surface area contributed by atoms with Gasteiger partial charge in [0.25, 0.3) is 5.92 Å². The molecule has 4 heteroatoms. The van der Waals surface area contributed by atoms with Crippen molar-refractivity contribution in [2.24, 2.45) is 0 Å². The largest absolute Gasteiger partial charge is 0.302 e. The van der Waals surface area contributed by atoms with Gasteiger partial charge >= 0.3 is 0 Å². The molecule has 0 amide bonds. The molecule has 0 spiro atoms. The Morgan fingerprint density at radius 3 is 2.13 bits per heavy atom. The molecule has 80 valence electrons. The van der Waals surface area contributed by atoms with E-state index in [9.17, 15) is 13.6 Å². The predicted octanol–water partition coefficient (Wildman–Crippen LogP) is 3.21. The second kappa shape index (κ2) is 3.27. The fourth-order valence-corrected chi connectivity index (χ4v) is 2.13. The molecule has 0 radical (unpaired) electrons. The van der Waals surface area contributed by atoms with Gasteiger partial charge < -0.3 is 4.79 Å². The third kappa shape index (κ3) is 1.76. The van der Waals surface area contributed by atoms with Gasteiger partial charge in [-0.15, -0.1) is 0 Å². The summed E-state index contributed by atoms with van der Waals surface area (Å²) in [5.74, 6) is -2.71. The zero-order valence-corrected chi connectivity index (χ0v) is 8.60. The van der Waals surface area contributed by atoms with Gasteiger partial charge in [0.2, 0.25) is 0 Å². The Kier molecular flexibility index (Phi) is 2.30. The van der Waals surface area contributed by atoms with E-state index in [0.717, 1.165) is 0 Å². The molecule has 1 aliphatic carbocycles. The first kappa shape index (κ1) is 10.6. The zero-order chi connectivity index (χ0) is 11.1. The van der Waals surface area contributed by atoms with Gasteiger partial charge in [-0.05, 0) is 17.7 Å². The van der Waals surface area contributed by atoms with Crippen LogP contribution in [0.15, 0.2) is 24.3 Å². The third-order valence-electron chi connectivity index (χ3n) is 2.79. The van der Waals surface area contributed by atoms with Crippen LogP contribution in [0.4, 0.5) is 8.78 Å². The number of alkyl halides is 2. The highest BCUT2D eigenvalue weighted by Gasteiger charge is 2.57. The molecule has 1 saturated carbocycles. The number of aldehydes is 1. The molecule has 15 heavy (non-hydrogen) atoms. The van der Waals surface area contributed by atoms with Gasteiger partial charge in [-0.25, -0.2) is 8.78 Å². The van der Waals surface area contributed by atoms with Crippen LogP contribution in [0.2, 0.25) is 5.02 Å². The van der Waals surface area contributed by atoms with Crippen molar-refractivity contribution < 1.29 is 13.6 Å². The molecule has 0 aliphatic heterocycles. The molecule has 1 nitrogen and oxygen atoms in total. The van der Waals surface area contributed by atoms with Gasteiger partial charge in [0.1, 0.15) is 6.29 Å². The van der Waals surface area contributed by atoms with E-state index in [4.69, 9.17) is 11.6 Å². The summed E-state index contributed by atoms with van der Waals surface area (Å²) in [5, 5.41) is 0.533. The van der Waals surface area contributed by atoms with Crippen LogP contribution in [0.5, 0.6) is 0 Å². The van der Waals surface area contributed by atoms with Crippen LogP contribution in [0.25, 0.3) is 0 Å². The van der Waals surface area contributed by atoms with E-state index < -0.39 is 24.2 Å². The van der Waals surface area contributed by atoms with Gasteiger partial charge in [-0.1, -0.05) is 23.7 Å². The summed E-state index contributed by atoms with van der Waals surface area (Å²) in [5.41, 5.74) is -0.388. The maximum atomic E-state index is 12.8. The fraction of sp³-hybridized carbons (Fsp3) is 0.364. The molecular weight excluding hydrogens is 222 g/mol. The van der Waals surface area contributed by atoms with Gasteiger partial charge in [0, 0.05) is 17.9 Å². The van der Waals surface area contributed by atoms with Crippen LogP contribution in [-0.2, 0) is 10.2 Å². The minimum atomic E-state index is -2.71. The molecule has 0 heterocycles. The minimum absolute atomic E-state index is 0.398. The zero-order valence-electron chi connectivity index (χ0n) is 7.84. The van der Waals surface area contributed by atoms with Crippen molar-refractivity contribution in [3.8, 4) is 0 Å². The molecule has 1 aliphatic rings. The van der Waals surface area contributed by atoms with Crippen LogP contribution in [0, 0.1) is 0 Å². The minimum Gasteiger partial charge on any atom is -0.302 e. The first-order valence-corrected chi connectivity index (χ1v) is 4.95. The van der Waals surface area contributed by atoms with Crippen molar-refractivity contribution in [1.82, 2.24) is 0 Å². The summed E-state index contributed by atoms with van der Waals surface area (Å²) >= 11 is 5.69. The molecule has 1 fully saturated rings. The number of carbonyl (C=O) groups is 1. The number of carbonyl (C=O) groups excluding carboxylic acids is 1. The van der Waals surface area contributed by atoms with Crippen LogP contribution in [0.3, 0.4) is 0 Å². The van der Waals surface area contributed by atoms with Gasteiger partial charge in [0.05, 0.1) is 5.41 Å². The van der Waals surface area contributed by atoms with E-state index in [2.05, 4.69) is 0 Å². The molecule has 0 N–H and O–H groups in total.